The molecule has 0 unspecified atom stereocenters. The van der Waals surface area contributed by atoms with E-state index < -0.39 is 13.0 Å². The van der Waals surface area contributed by atoms with Gasteiger partial charge in [-0.15, -0.1) is 0 Å². The van der Waals surface area contributed by atoms with E-state index in [1.165, 1.54) is 0 Å². The minimum absolute atomic E-state index is 0.135. The fourth-order valence-electron chi connectivity index (χ4n) is 1.05. The van der Waals surface area contributed by atoms with Crippen LogP contribution in [-0.2, 0) is 9.47 Å². The van der Waals surface area contributed by atoms with Gasteiger partial charge in [0.15, 0.2) is 0 Å². The van der Waals surface area contributed by atoms with Gasteiger partial charge in [-0.3, -0.25) is 0 Å². The topological polar surface area (TPSA) is 18.5 Å². The molecule has 11 heavy (non-hydrogen) atoms. The molecule has 1 rings (SSSR count). The molecule has 0 saturated carbocycles. The largest absolute Gasteiger partial charge is 0.378 e. The first-order valence-corrected chi connectivity index (χ1v) is 3.67. The average Bonchev–Trinajstić information content (AvgIpc) is 2.31. The summed E-state index contributed by atoms with van der Waals surface area (Å²) in [6.45, 7) is 2.53. The minimum Gasteiger partial charge on any atom is -0.378 e. The molecule has 1 aliphatic heterocycles. The van der Waals surface area contributed by atoms with Crippen molar-refractivity contribution in [1.29, 1.82) is 0 Å². The molecule has 1 aliphatic rings. The van der Waals surface area contributed by atoms with Crippen LogP contribution in [0.4, 0.5) is 8.78 Å². The summed E-state index contributed by atoms with van der Waals surface area (Å²) >= 11 is 0. The molecule has 0 aromatic rings. The van der Waals surface area contributed by atoms with E-state index in [0.717, 1.165) is 0 Å². The normalized spacial score (nSPS) is 31.6. The van der Waals surface area contributed by atoms with E-state index >= 15 is 0 Å². The molecule has 0 radical (unpaired) electrons. The lowest BCUT2D eigenvalue weighted by Crippen LogP contribution is -2.22. The summed E-state index contributed by atoms with van der Waals surface area (Å²) < 4.78 is 33.2. The summed E-state index contributed by atoms with van der Waals surface area (Å²) in [5.41, 5.74) is 0. The van der Waals surface area contributed by atoms with Crippen LogP contribution in [0.3, 0.4) is 0 Å². The average molecular weight is 166 g/mol. The lowest BCUT2D eigenvalue weighted by Gasteiger charge is -2.13. The Morgan fingerprint density at radius 1 is 1.55 bits per heavy atom. The zero-order valence-corrected chi connectivity index (χ0v) is 6.43. The smallest absolute Gasteiger partial charge is 0.261 e. The molecule has 2 nitrogen and oxygen atoms in total. The predicted octanol–water partition coefficient (Wildman–Crippen LogP) is 1.30. The van der Waals surface area contributed by atoms with E-state index in [1.54, 1.807) is 0 Å². The van der Waals surface area contributed by atoms with Crippen LogP contribution < -0.4 is 0 Å². The molecule has 66 valence electrons. The highest BCUT2D eigenvalue weighted by molar-refractivity contribution is 4.71. The third-order valence-corrected chi connectivity index (χ3v) is 1.73. The lowest BCUT2D eigenvalue weighted by molar-refractivity contribution is -0.0356. The SMILES string of the molecule is C[C@H]1COC[C@@H]1OCC(F)F. The third-order valence-electron chi connectivity index (χ3n) is 1.73. The van der Waals surface area contributed by atoms with Crippen molar-refractivity contribution in [3.63, 3.8) is 0 Å². The summed E-state index contributed by atoms with van der Waals surface area (Å²) in [4.78, 5) is 0. The van der Waals surface area contributed by atoms with Crippen molar-refractivity contribution in [3.8, 4) is 0 Å². The Bertz CT molecular complexity index is 119. The number of ether oxygens (including phenoxy) is 2. The summed E-state index contributed by atoms with van der Waals surface area (Å²) in [5.74, 6) is 0.244. The highest BCUT2D eigenvalue weighted by Crippen LogP contribution is 2.16. The Hall–Kier alpha value is -0.220. The zero-order chi connectivity index (χ0) is 8.27. The van der Waals surface area contributed by atoms with Crippen molar-refractivity contribution in [1.82, 2.24) is 0 Å². The Kier molecular flexibility index (Phi) is 3.20. The standard InChI is InChI=1S/C7H12F2O2/c1-5-2-10-3-6(5)11-4-7(8)9/h5-7H,2-4H2,1H3/t5-,6-/m0/s1. The Balaban J connectivity index is 2.15. The molecular weight excluding hydrogens is 154 g/mol. The van der Waals surface area contributed by atoms with E-state index in [0.29, 0.717) is 13.2 Å². The molecule has 1 saturated heterocycles. The van der Waals surface area contributed by atoms with Gasteiger partial charge in [0.2, 0.25) is 0 Å². The van der Waals surface area contributed by atoms with Gasteiger partial charge in [0, 0.05) is 5.92 Å². The van der Waals surface area contributed by atoms with Crippen LogP contribution in [0.25, 0.3) is 0 Å². The van der Waals surface area contributed by atoms with E-state index in [4.69, 9.17) is 9.47 Å². The van der Waals surface area contributed by atoms with Gasteiger partial charge in [-0.05, 0) is 0 Å². The number of rotatable bonds is 3. The summed E-state index contributed by atoms with van der Waals surface area (Å²) in [6.07, 6.45) is -2.51. The molecule has 1 fully saturated rings. The minimum atomic E-state index is -2.37. The first-order valence-electron chi connectivity index (χ1n) is 3.67. The highest BCUT2D eigenvalue weighted by Gasteiger charge is 2.25. The Morgan fingerprint density at radius 3 is 2.73 bits per heavy atom. The van der Waals surface area contributed by atoms with Gasteiger partial charge < -0.3 is 9.47 Å². The molecule has 0 spiro atoms. The van der Waals surface area contributed by atoms with Crippen molar-refractivity contribution in [3.05, 3.63) is 0 Å². The van der Waals surface area contributed by atoms with E-state index in [9.17, 15) is 8.78 Å². The van der Waals surface area contributed by atoms with Crippen molar-refractivity contribution < 1.29 is 18.3 Å². The molecule has 4 heteroatoms. The Labute approximate surface area is 64.5 Å². The second kappa shape index (κ2) is 3.97. The van der Waals surface area contributed by atoms with Crippen molar-refractivity contribution in [2.24, 2.45) is 5.92 Å². The molecule has 0 aromatic carbocycles. The zero-order valence-electron chi connectivity index (χ0n) is 6.43. The van der Waals surface area contributed by atoms with E-state index in [1.807, 2.05) is 6.92 Å². The van der Waals surface area contributed by atoms with Crippen LogP contribution >= 0.6 is 0 Å². The van der Waals surface area contributed by atoms with E-state index in [2.05, 4.69) is 0 Å². The van der Waals surface area contributed by atoms with Crippen molar-refractivity contribution in [2.75, 3.05) is 19.8 Å². The lowest BCUT2D eigenvalue weighted by atomic mass is 10.1. The van der Waals surface area contributed by atoms with Gasteiger partial charge in [0.1, 0.15) is 6.61 Å². The number of hydrogen-bond donors (Lipinski definition) is 0. The number of halogens is 2. The summed E-state index contributed by atoms with van der Waals surface area (Å²) in [6, 6.07) is 0. The maximum Gasteiger partial charge on any atom is 0.261 e. The second-order valence-electron chi connectivity index (χ2n) is 2.78. The fourth-order valence-corrected chi connectivity index (χ4v) is 1.05. The molecule has 0 amide bonds. The summed E-state index contributed by atoms with van der Waals surface area (Å²) in [7, 11) is 0. The van der Waals surface area contributed by atoms with E-state index in [-0.39, 0.29) is 12.0 Å². The summed E-state index contributed by atoms with van der Waals surface area (Å²) in [5, 5.41) is 0. The van der Waals surface area contributed by atoms with Crippen LogP contribution in [0.2, 0.25) is 0 Å². The van der Waals surface area contributed by atoms with Crippen LogP contribution in [0.1, 0.15) is 6.92 Å². The first kappa shape index (κ1) is 8.87. The quantitative estimate of drug-likeness (QED) is 0.629. The van der Waals surface area contributed by atoms with Gasteiger partial charge >= 0.3 is 0 Å². The molecule has 0 bridgehead atoms. The fraction of sp³-hybridized carbons (Fsp3) is 1.00. The van der Waals surface area contributed by atoms with Gasteiger partial charge in [-0.1, -0.05) is 6.92 Å². The van der Waals surface area contributed by atoms with Gasteiger partial charge in [0.25, 0.3) is 6.43 Å². The highest BCUT2D eigenvalue weighted by atomic mass is 19.3. The van der Waals surface area contributed by atoms with Gasteiger partial charge in [0.05, 0.1) is 19.3 Å². The number of alkyl halides is 2. The van der Waals surface area contributed by atoms with Crippen LogP contribution in [0, 0.1) is 5.92 Å². The Morgan fingerprint density at radius 2 is 2.27 bits per heavy atom. The second-order valence-corrected chi connectivity index (χ2v) is 2.78. The van der Waals surface area contributed by atoms with Crippen molar-refractivity contribution >= 4 is 0 Å². The number of hydrogen-bond acceptors (Lipinski definition) is 2. The third kappa shape index (κ3) is 2.71. The van der Waals surface area contributed by atoms with Gasteiger partial charge in [-0.25, -0.2) is 8.78 Å². The van der Waals surface area contributed by atoms with Crippen LogP contribution in [-0.4, -0.2) is 32.4 Å². The molecule has 2 atom stereocenters. The molecular formula is C7H12F2O2. The van der Waals surface area contributed by atoms with Crippen molar-refractivity contribution in [2.45, 2.75) is 19.5 Å². The maximum atomic E-state index is 11.6. The molecule has 0 N–H and O–H groups in total. The van der Waals surface area contributed by atoms with Gasteiger partial charge in [-0.2, -0.15) is 0 Å². The monoisotopic (exact) mass is 166 g/mol. The molecule has 0 aromatic heterocycles. The maximum absolute atomic E-state index is 11.6. The molecule has 0 aliphatic carbocycles. The first-order chi connectivity index (χ1) is 5.20. The van der Waals surface area contributed by atoms with Crippen LogP contribution in [0.5, 0.6) is 0 Å². The molecule has 1 heterocycles. The van der Waals surface area contributed by atoms with Crippen LogP contribution in [0.15, 0.2) is 0 Å². The predicted molar refractivity (Wildman–Crippen MR) is 35.7 cm³/mol.